The van der Waals surface area contributed by atoms with Gasteiger partial charge in [0.05, 0.1) is 5.41 Å². The lowest BCUT2D eigenvalue weighted by atomic mass is 9.67. The third kappa shape index (κ3) is 4.22. The zero-order chi connectivity index (χ0) is 33.5. The molecule has 11 rings (SSSR count). The van der Waals surface area contributed by atoms with Crippen LogP contribution in [0.25, 0.3) is 65.5 Å². The van der Waals surface area contributed by atoms with Crippen LogP contribution in [0.3, 0.4) is 0 Å². The predicted octanol–water partition coefficient (Wildman–Crippen LogP) is 12.1. The van der Waals surface area contributed by atoms with Gasteiger partial charge in [-0.1, -0.05) is 145 Å². The van der Waals surface area contributed by atoms with Crippen LogP contribution in [0, 0.1) is 0 Å². The lowest BCUT2D eigenvalue weighted by Crippen LogP contribution is -2.31. The van der Waals surface area contributed by atoms with E-state index in [1.807, 2.05) is 41.3 Å². The molecule has 0 saturated carbocycles. The standard InChI is InChI=1S/C46H27N3S2/c1-2-12-28(13-3-1)43-47-44(49-45(48-43)30-23-25-34-33-15-5-9-19-39(33)50-42(34)27-30)29-22-24-32-31-14-4-6-16-35(31)46(38(32)26-29)36-17-7-10-20-40(36)51-41-21-11-8-18-37(41)46/h1-27H. The van der Waals surface area contributed by atoms with Crippen molar-refractivity contribution >= 4 is 43.3 Å². The summed E-state index contributed by atoms with van der Waals surface area (Å²) in [6, 6.07) is 59.0. The summed E-state index contributed by atoms with van der Waals surface area (Å²) in [5, 5.41) is 2.54. The Morgan fingerprint density at radius 2 is 0.922 bits per heavy atom. The van der Waals surface area contributed by atoms with Crippen LogP contribution in [0.4, 0.5) is 0 Å². The molecule has 2 aliphatic rings. The minimum absolute atomic E-state index is 0.468. The van der Waals surface area contributed by atoms with Crippen LogP contribution in [0.2, 0.25) is 0 Å². The van der Waals surface area contributed by atoms with Gasteiger partial charge in [-0.15, -0.1) is 11.3 Å². The first-order chi connectivity index (χ1) is 25.3. The van der Waals surface area contributed by atoms with Gasteiger partial charge in [0.1, 0.15) is 0 Å². The summed E-state index contributed by atoms with van der Waals surface area (Å²) in [6.07, 6.45) is 0. The Kier molecular flexibility index (Phi) is 6.27. The number of hydrogen-bond donors (Lipinski definition) is 0. The van der Waals surface area contributed by atoms with Crippen LogP contribution in [-0.4, -0.2) is 15.0 Å². The molecule has 1 aliphatic carbocycles. The van der Waals surface area contributed by atoms with Crippen molar-refractivity contribution in [2.45, 2.75) is 15.2 Å². The van der Waals surface area contributed by atoms with E-state index in [9.17, 15) is 0 Å². The van der Waals surface area contributed by atoms with Crippen LogP contribution in [0.1, 0.15) is 22.3 Å². The van der Waals surface area contributed by atoms with Crippen molar-refractivity contribution < 1.29 is 0 Å². The molecule has 1 spiro atoms. The molecule has 0 fully saturated rings. The first kappa shape index (κ1) is 28.9. The summed E-state index contributed by atoms with van der Waals surface area (Å²) in [7, 11) is 0. The zero-order valence-corrected chi connectivity index (χ0v) is 28.9. The van der Waals surface area contributed by atoms with Crippen molar-refractivity contribution in [1.29, 1.82) is 0 Å². The molecule has 238 valence electrons. The van der Waals surface area contributed by atoms with E-state index in [0.29, 0.717) is 17.5 Å². The van der Waals surface area contributed by atoms with Crippen LogP contribution in [-0.2, 0) is 5.41 Å². The number of hydrogen-bond acceptors (Lipinski definition) is 5. The summed E-state index contributed by atoms with van der Waals surface area (Å²) < 4.78 is 2.50. The van der Waals surface area contributed by atoms with Crippen LogP contribution in [0.15, 0.2) is 174 Å². The quantitative estimate of drug-likeness (QED) is 0.186. The highest BCUT2D eigenvalue weighted by molar-refractivity contribution is 7.99. The molecule has 0 N–H and O–H groups in total. The molecular weight excluding hydrogens is 659 g/mol. The third-order valence-electron chi connectivity index (χ3n) is 10.4. The highest BCUT2D eigenvalue weighted by atomic mass is 32.2. The van der Waals surface area contributed by atoms with E-state index in [1.165, 1.54) is 63.3 Å². The second kappa shape index (κ2) is 11.1. The first-order valence-electron chi connectivity index (χ1n) is 17.1. The summed E-state index contributed by atoms with van der Waals surface area (Å²) in [4.78, 5) is 18.1. The Bertz CT molecular complexity index is 2810. The Balaban J connectivity index is 1.16. The summed E-state index contributed by atoms with van der Waals surface area (Å²) in [6.45, 7) is 0. The number of rotatable bonds is 3. The second-order valence-electron chi connectivity index (χ2n) is 13.1. The topological polar surface area (TPSA) is 38.7 Å². The maximum atomic E-state index is 5.24. The molecule has 0 saturated heterocycles. The molecule has 0 atom stereocenters. The van der Waals surface area contributed by atoms with E-state index >= 15 is 0 Å². The third-order valence-corrected chi connectivity index (χ3v) is 12.7. The zero-order valence-electron chi connectivity index (χ0n) is 27.2. The molecule has 0 unspecified atom stereocenters. The van der Waals surface area contributed by atoms with Crippen molar-refractivity contribution in [3.8, 4) is 45.3 Å². The summed E-state index contributed by atoms with van der Waals surface area (Å²) in [5.41, 5.74) is 10.2. The fraction of sp³-hybridized carbons (Fsp3) is 0.0217. The Labute approximate surface area is 303 Å². The Morgan fingerprint density at radius 3 is 1.69 bits per heavy atom. The lowest BCUT2D eigenvalue weighted by molar-refractivity contribution is 0.722. The number of benzene rings is 7. The van der Waals surface area contributed by atoms with Crippen molar-refractivity contribution in [3.05, 3.63) is 186 Å². The maximum absolute atomic E-state index is 5.24. The van der Waals surface area contributed by atoms with Gasteiger partial charge in [0.2, 0.25) is 0 Å². The molecule has 7 aromatic carbocycles. The van der Waals surface area contributed by atoms with Gasteiger partial charge >= 0.3 is 0 Å². The highest BCUT2D eigenvalue weighted by Gasteiger charge is 2.50. The lowest BCUT2D eigenvalue weighted by Gasteiger charge is -2.39. The number of nitrogens with zero attached hydrogens (tertiary/aromatic N) is 3. The first-order valence-corrected chi connectivity index (χ1v) is 18.7. The van der Waals surface area contributed by atoms with Crippen molar-refractivity contribution in [3.63, 3.8) is 0 Å². The molecule has 3 heterocycles. The molecule has 3 nitrogen and oxygen atoms in total. The average Bonchev–Trinajstić information content (AvgIpc) is 3.71. The Morgan fingerprint density at radius 1 is 0.373 bits per heavy atom. The van der Waals surface area contributed by atoms with Crippen LogP contribution in [0.5, 0.6) is 0 Å². The minimum Gasteiger partial charge on any atom is -0.208 e. The highest BCUT2D eigenvalue weighted by Crippen LogP contribution is 2.62. The summed E-state index contributed by atoms with van der Waals surface area (Å²) in [5.74, 6) is 1.99. The minimum atomic E-state index is -0.468. The molecule has 0 bridgehead atoms. The van der Waals surface area contributed by atoms with Gasteiger partial charge in [-0.05, 0) is 63.7 Å². The van der Waals surface area contributed by atoms with Gasteiger partial charge in [0.15, 0.2) is 17.5 Å². The van der Waals surface area contributed by atoms with Crippen LogP contribution >= 0.6 is 23.1 Å². The molecule has 5 heteroatoms. The number of thiophene rings is 1. The fourth-order valence-corrected chi connectivity index (χ4v) is 10.5. The largest absolute Gasteiger partial charge is 0.208 e. The smallest absolute Gasteiger partial charge is 0.164 e. The van der Waals surface area contributed by atoms with E-state index in [4.69, 9.17) is 15.0 Å². The van der Waals surface area contributed by atoms with Crippen LogP contribution < -0.4 is 0 Å². The van der Waals surface area contributed by atoms with Crippen molar-refractivity contribution in [2.24, 2.45) is 0 Å². The molecule has 1 aliphatic heterocycles. The molecule has 0 radical (unpaired) electrons. The molecule has 9 aromatic rings. The Hall–Kier alpha value is -5.88. The fourth-order valence-electron chi connectivity index (χ4n) is 8.21. The SMILES string of the molecule is c1ccc(-c2nc(-c3ccc4c(c3)C3(c5ccccc5Sc5ccccc53)c3ccccc3-4)nc(-c3ccc4c(c3)sc3ccccc34)n2)cc1. The average molecular weight is 686 g/mol. The normalized spacial score (nSPS) is 13.6. The van der Waals surface area contributed by atoms with E-state index in [0.717, 1.165) is 16.7 Å². The van der Waals surface area contributed by atoms with E-state index < -0.39 is 5.41 Å². The molecule has 51 heavy (non-hydrogen) atoms. The van der Waals surface area contributed by atoms with E-state index in [2.05, 4.69) is 146 Å². The van der Waals surface area contributed by atoms with E-state index in [-0.39, 0.29) is 0 Å². The molecule has 0 amide bonds. The molecule has 2 aromatic heterocycles. The molecular formula is C46H27N3S2. The second-order valence-corrected chi connectivity index (χ2v) is 15.3. The maximum Gasteiger partial charge on any atom is 0.164 e. The number of fused-ring (bicyclic) bond motifs is 12. The predicted molar refractivity (Wildman–Crippen MR) is 210 cm³/mol. The number of aromatic nitrogens is 3. The van der Waals surface area contributed by atoms with Gasteiger partial charge in [-0.25, -0.2) is 15.0 Å². The monoisotopic (exact) mass is 685 g/mol. The van der Waals surface area contributed by atoms with Crippen molar-refractivity contribution in [2.75, 3.05) is 0 Å². The van der Waals surface area contributed by atoms with Crippen molar-refractivity contribution in [1.82, 2.24) is 15.0 Å². The van der Waals surface area contributed by atoms with Gasteiger partial charge in [0.25, 0.3) is 0 Å². The van der Waals surface area contributed by atoms with Gasteiger partial charge in [-0.2, -0.15) is 0 Å². The van der Waals surface area contributed by atoms with Gasteiger partial charge < -0.3 is 0 Å². The summed E-state index contributed by atoms with van der Waals surface area (Å²) >= 11 is 3.67. The van der Waals surface area contributed by atoms with Gasteiger partial charge in [0, 0.05) is 46.7 Å². The van der Waals surface area contributed by atoms with Gasteiger partial charge in [-0.3, -0.25) is 0 Å². The van der Waals surface area contributed by atoms with E-state index in [1.54, 1.807) is 0 Å².